The lowest BCUT2D eigenvalue weighted by Crippen LogP contribution is -2.07. The van der Waals surface area contributed by atoms with E-state index in [0.29, 0.717) is 5.76 Å². The molecule has 0 heterocycles. The maximum Gasteiger partial charge on any atom is 0.303 e. The van der Waals surface area contributed by atoms with Crippen LogP contribution in [0.2, 0.25) is 0 Å². The third kappa shape index (κ3) is 4.84. The molecule has 74 valence electrons. The van der Waals surface area contributed by atoms with Gasteiger partial charge in [0.05, 0.1) is 7.11 Å². The second-order valence-electron chi connectivity index (χ2n) is 2.18. The molecule has 0 aliphatic rings. The maximum atomic E-state index is 10.4. The normalized spacial score (nSPS) is 11.3. The third-order valence-electron chi connectivity index (χ3n) is 1.27. The summed E-state index contributed by atoms with van der Waals surface area (Å²) in [7, 11) is 1.40. The molecule has 0 saturated heterocycles. The standard InChI is InChI=1S/C8H12O5/c1-6(13-5-9)8(11-3)4-12-7(2)10/h5H,4H2,1-3H3/b8-6-. The van der Waals surface area contributed by atoms with E-state index < -0.39 is 5.97 Å². The summed E-state index contributed by atoms with van der Waals surface area (Å²) in [6.45, 7) is 3.06. The minimum absolute atomic E-state index is 0.0362. The average Bonchev–Trinajstić information content (AvgIpc) is 2.05. The predicted octanol–water partition coefficient (Wildman–Crippen LogP) is 0.600. The summed E-state index contributed by atoms with van der Waals surface area (Å²) in [5.74, 6) is 0.162. The summed E-state index contributed by atoms with van der Waals surface area (Å²) < 4.78 is 14.0. The molecule has 0 spiro atoms. The van der Waals surface area contributed by atoms with Gasteiger partial charge in [-0.15, -0.1) is 0 Å². The zero-order valence-electron chi connectivity index (χ0n) is 7.83. The van der Waals surface area contributed by atoms with Crippen LogP contribution in [-0.2, 0) is 23.8 Å². The van der Waals surface area contributed by atoms with Crippen molar-refractivity contribution in [2.45, 2.75) is 13.8 Å². The molecule has 0 aliphatic carbocycles. The minimum atomic E-state index is -0.423. The lowest BCUT2D eigenvalue weighted by molar-refractivity contribution is -0.140. The molecule has 0 aromatic rings. The molecule has 0 aliphatic heterocycles. The highest BCUT2D eigenvalue weighted by Gasteiger charge is 2.05. The molecule has 0 N–H and O–H groups in total. The summed E-state index contributed by atoms with van der Waals surface area (Å²) in [5, 5.41) is 0. The molecule has 0 amide bonds. The molecule has 0 aromatic carbocycles. The lowest BCUT2D eigenvalue weighted by Gasteiger charge is -2.08. The molecule has 0 aromatic heterocycles. The lowest BCUT2D eigenvalue weighted by atomic mass is 10.4. The molecule has 5 nitrogen and oxygen atoms in total. The Labute approximate surface area is 76.3 Å². The Morgan fingerprint density at radius 3 is 2.38 bits per heavy atom. The van der Waals surface area contributed by atoms with E-state index in [9.17, 15) is 9.59 Å². The molecule has 0 unspecified atom stereocenters. The van der Waals surface area contributed by atoms with Gasteiger partial charge in [0.1, 0.15) is 5.76 Å². The molecule has 0 fully saturated rings. The van der Waals surface area contributed by atoms with Crippen LogP contribution in [0.3, 0.4) is 0 Å². The van der Waals surface area contributed by atoms with E-state index in [0.717, 1.165) is 0 Å². The van der Waals surface area contributed by atoms with Gasteiger partial charge in [-0.2, -0.15) is 0 Å². The van der Waals surface area contributed by atoms with Gasteiger partial charge in [-0.3, -0.25) is 9.59 Å². The number of methoxy groups -OCH3 is 1. The van der Waals surface area contributed by atoms with E-state index in [4.69, 9.17) is 4.74 Å². The van der Waals surface area contributed by atoms with Crippen molar-refractivity contribution >= 4 is 12.4 Å². The minimum Gasteiger partial charge on any atom is -0.494 e. The topological polar surface area (TPSA) is 61.8 Å². The zero-order valence-corrected chi connectivity index (χ0v) is 7.83. The van der Waals surface area contributed by atoms with E-state index in [2.05, 4.69) is 9.47 Å². The zero-order chi connectivity index (χ0) is 10.3. The van der Waals surface area contributed by atoms with Crippen molar-refractivity contribution in [2.24, 2.45) is 0 Å². The van der Waals surface area contributed by atoms with Gasteiger partial charge < -0.3 is 14.2 Å². The van der Waals surface area contributed by atoms with Crippen molar-refractivity contribution in [2.75, 3.05) is 13.7 Å². The van der Waals surface area contributed by atoms with E-state index in [1.165, 1.54) is 21.0 Å². The van der Waals surface area contributed by atoms with Gasteiger partial charge in [0.15, 0.2) is 12.4 Å². The maximum absolute atomic E-state index is 10.4. The number of rotatable bonds is 5. The van der Waals surface area contributed by atoms with Crippen molar-refractivity contribution in [3.8, 4) is 0 Å². The highest BCUT2D eigenvalue weighted by molar-refractivity contribution is 5.66. The number of ether oxygens (including phenoxy) is 3. The Bertz CT molecular complexity index is 219. The molecule has 0 radical (unpaired) electrons. The second kappa shape index (κ2) is 6.05. The van der Waals surface area contributed by atoms with Gasteiger partial charge in [-0.05, 0) is 6.92 Å². The van der Waals surface area contributed by atoms with E-state index in [-0.39, 0.29) is 18.8 Å². The quantitative estimate of drug-likeness (QED) is 0.359. The number of hydrogen-bond acceptors (Lipinski definition) is 5. The first-order chi connectivity index (χ1) is 6.11. The smallest absolute Gasteiger partial charge is 0.303 e. The van der Waals surface area contributed by atoms with Crippen LogP contribution < -0.4 is 0 Å². The summed E-state index contributed by atoms with van der Waals surface area (Å²) in [4.78, 5) is 20.4. The Kier molecular flexibility index (Phi) is 5.34. The van der Waals surface area contributed by atoms with Crippen LogP contribution in [0.1, 0.15) is 13.8 Å². The first-order valence-corrected chi connectivity index (χ1v) is 3.59. The molecule has 0 bridgehead atoms. The highest BCUT2D eigenvalue weighted by Crippen LogP contribution is 2.05. The van der Waals surface area contributed by atoms with Gasteiger partial charge in [-0.25, -0.2) is 0 Å². The fourth-order valence-corrected chi connectivity index (χ4v) is 0.609. The summed E-state index contributed by atoms with van der Waals surface area (Å²) in [6.07, 6.45) is 0. The third-order valence-corrected chi connectivity index (χ3v) is 1.27. The van der Waals surface area contributed by atoms with Gasteiger partial charge in [0, 0.05) is 6.92 Å². The molecule has 5 heteroatoms. The van der Waals surface area contributed by atoms with Crippen LogP contribution in [0.5, 0.6) is 0 Å². The summed E-state index contributed by atoms with van der Waals surface area (Å²) in [5.41, 5.74) is 0. The average molecular weight is 188 g/mol. The molecule has 0 rings (SSSR count). The van der Waals surface area contributed by atoms with Crippen LogP contribution in [-0.4, -0.2) is 26.2 Å². The largest absolute Gasteiger partial charge is 0.494 e. The number of allylic oxidation sites excluding steroid dienone is 1. The van der Waals surface area contributed by atoms with Crippen molar-refractivity contribution in [1.29, 1.82) is 0 Å². The van der Waals surface area contributed by atoms with Crippen LogP contribution in [0, 0.1) is 0 Å². The number of hydrogen-bond donors (Lipinski definition) is 0. The Morgan fingerprint density at radius 2 is 2.00 bits per heavy atom. The van der Waals surface area contributed by atoms with E-state index in [1.54, 1.807) is 0 Å². The number of carbonyl (C=O) groups excluding carboxylic acids is 2. The van der Waals surface area contributed by atoms with Crippen molar-refractivity contribution in [3.05, 3.63) is 11.5 Å². The number of esters is 1. The first-order valence-electron chi connectivity index (χ1n) is 3.59. The summed E-state index contributed by atoms with van der Waals surface area (Å²) >= 11 is 0. The van der Waals surface area contributed by atoms with Gasteiger partial charge in [0.25, 0.3) is 6.47 Å². The van der Waals surface area contributed by atoms with Crippen LogP contribution in [0.4, 0.5) is 0 Å². The molecule has 0 atom stereocenters. The Hall–Kier alpha value is -1.52. The first kappa shape index (κ1) is 11.5. The van der Waals surface area contributed by atoms with Crippen molar-refractivity contribution in [3.63, 3.8) is 0 Å². The summed E-state index contributed by atoms with van der Waals surface area (Å²) in [6, 6.07) is 0. The van der Waals surface area contributed by atoms with Crippen LogP contribution in [0.25, 0.3) is 0 Å². The second-order valence-corrected chi connectivity index (χ2v) is 2.18. The Morgan fingerprint density at radius 1 is 1.38 bits per heavy atom. The van der Waals surface area contributed by atoms with Gasteiger partial charge in [0.2, 0.25) is 0 Å². The van der Waals surface area contributed by atoms with Crippen molar-refractivity contribution < 1.29 is 23.8 Å². The fourth-order valence-electron chi connectivity index (χ4n) is 0.609. The highest BCUT2D eigenvalue weighted by atomic mass is 16.6. The fraction of sp³-hybridized carbons (Fsp3) is 0.500. The predicted molar refractivity (Wildman–Crippen MR) is 43.5 cm³/mol. The molecular formula is C8H12O5. The van der Waals surface area contributed by atoms with E-state index in [1.807, 2.05) is 0 Å². The monoisotopic (exact) mass is 188 g/mol. The van der Waals surface area contributed by atoms with E-state index >= 15 is 0 Å². The Balaban J connectivity index is 4.21. The molecular weight excluding hydrogens is 176 g/mol. The molecule has 13 heavy (non-hydrogen) atoms. The van der Waals surface area contributed by atoms with Gasteiger partial charge >= 0.3 is 5.97 Å². The molecule has 0 saturated carbocycles. The number of carbonyl (C=O) groups is 2. The van der Waals surface area contributed by atoms with Crippen molar-refractivity contribution in [1.82, 2.24) is 0 Å². The van der Waals surface area contributed by atoms with Gasteiger partial charge in [-0.1, -0.05) is 0 Å². The van der Waals surface area contributed by atoms with Crippen LogP contribution >= 0.6 is 0 Å². The SMILES string of the molecule is CO/C(COC(C)=O)=C(/C)OC=O. The van der Waals surface area contributed by atoms with Crippen LogP contribution in [0.15, 0.2) is 11.5 Å².